The van der Waals surface area contributed by atoms with Gasteiger partial charge in [0.1, 0.15) is 12.2 Å². The summed E-state index contributed by atoms with van der Waals surface area (Å²) in [6, 6.07) is 2.75. The van der Waals surface area contributed by atoms with Gasteiger partial charge in [0, 0.05) is 25.3 Å². The fraction of sp³-hybridized carbons (Fsp3) is 0.364. The molecular weight excluding hydrogens is 235 g/mol. The summed E-state index contributed by atoms with van der Waals surface area (Å²) in [4.78, 5) is 11.7. The molecule has 1 N–H and O–H groups in total. The molecule has 94 valence electrons. The fourth-order valence-electron chi connectivity index (χ4n) is 1.47. The summed E-state index contributed by atoms with van der Waals surface area (Å²) >= 11 is 0. The van der Waals surface area contributed by atoms with Crippen LogP contribution in [0.5, 0.6) is 0 Å². The summed E-state index contributed by atoms with van der Waals surface area (Å²) in [6.45, 7) is 0. The van der Waals surface area contributed by atoms with Crippen LogP contribution < -0.4 is 4.90 Å². The van der Waals surface area contributed by atoms with Crippen molar-refractivity contribution in [3.8, 4) is 0 Å². The van der Waals surface area contributed by atoms with Gasteiger partial charge in [-0.25, -0.2) is 13.2 Å². The molecule has 0 saturated carbocycles. The van der Waals surface area contributed by atoms with E-state index in [2.05, 4.69) is 0 Å². The van der Waals surface area contributed by atoms with Gasteiger partial charge < -0.3 is 10.0 Å². The minimum Gasteiger partial charge on any atom is -0.481 e. The third kappa shape index (κ3) is 3.12. The van der Waals surface area contributed by atoms with Gasteiger partial charge >= 0.3 is 5.97 Å². The van der Waals surface area contributed by atoms with E-state index in [0.717, 1.165) is 18.2 Å². The number of carboxylic acid groups (broad SMARTS) is 1. The highest BCUT2D eigenvalue weighted by Gasteiger charge is 2.37. The first-order valence-electron chi connectivity index (χ1n) is 4.81. The van der Waals surface area contributed by atoms with Crippen LogP contribution in [0.4, 0.5) is 18.9 Å². The Kier molecular flexibility index (Phi) is 3.65. The first-order chi connectivity index (χ1) is 7.74. The van der Waals surface area contributed by atoms with E-state index in [9.17, 15) is 18.0 Å². The number of benzene rings is 1. The summed E-state index contributed by atoms with van der Waals surface area (Å²) in [6.07, 6.45) is -1.32. The number of alkyl halides is 2. The van der Waals surface area contributed by atoms with Crippen molar-refractivity contribution in [3.63, 3.8) is 0 Å². The smallest absolute Gasteiger partial charge is 0.309 e. The number of anilines is 1. The Morgan fingerprint density at radius 1 is 1.41 bits per heavy atom. The number of halogens is 3. The van der Waals surface area contributed by atoms with E-state index in [1.807, 2.05) is 0 Å². The number of hydrogen-bond acceptors (Lipinski definition) is 2. The molecule has 0 aliphatic heterocycles. The van der Waals surface area contributed by atoms with E-state index in [1.165, 1.54) is 19.0 Å². The van der Waals surface area contributed by atoms with Gasteiger partial charge in [0.25, 0.3) is 5.92 Å². The molecule has 0 spiro atoms. The largest absolute Gasteiger partial charge is 0.481 e. The summed E-state index contributed by atoms with van der Waals surface area (Å²) in [7, 11) is 2.96. The average molecular weight is 247 g/mol. The number of aliphatic carboxylic acids is 1. The van der Waals surface area contributed by atoms with Crippen molar-refractivity contribution in [2.75, 3.05) is 19.0 Å². The van der Waals surface area contributed by atoms with E-state index < -0.39 is 29.7 Å². The Hall–Kier alpha value is -1.72. The Morgan fingerprint density at radius 2 is 2.00 bits per heavy atom. The zero-order valence-electron chi connectivity index (χ0n) is 9.38. The molecule has 0 aliphatic carbocycles. The Bertz CT molecular complexity index is 433. The lowest BCUT2D eigenvalue weighted by Gasteiger charge is -2.22. The van der Waals surface area contributed by atoms with Gasteiger partial charge in [-0.15, -0.1) is 0 Å². The van der Waals surface area contributed by atoms with E-state index >= 15 is 0 Å². The fourth-order valence-corrected chi connectivity index (χ4v) is 1.47. The number of rotatable bonds is 4. The number of carboxylic acids is 1. The predicted molar refractivity (Wildman–Crippen MR) is 56.9 cm³/mol. The monoisotopic (exact) mass is 247 g/mol. The number of carbonyl (C=O) groups is 1. The lowest BCUT2D eigenvalue weighted by atomic mass is 10.0. The Labute approximate surface area is 96.5 Å². The van der Waals surface area contributed by atoms with Crippen molar-refractivity contribution in [1.29, 1.82) is 0 Å². The van der Waals surface area contributed by atoms with Gasteiger partial charge in [-0.05, 0) is 18.2 Å². The summed E-state index contributed by atoms with van der Waals surface area (Å²) in [5.41, 5.74) is -0.525. The van der Waals surface area contributed by atoms with Crippen LogP contribution in [0.15, 0.2) is 18.2 Å². The third-order valence-electron chi connectivity index (χ3n) is 2.21. The molecule has 0 aliphatic rings. The lowest BCUT2D eigenvalue weighted by Crippen LogP contribution is -2.23. The summed E-state index contributed by atoms with van der Waals surface area (Å²) in [5, 5.41) is 8.43. The SMILES string of the molecule is CN(C)c1cc(F)ccc1C(F)(F)CC(=O)O. The van der Waals surface area contributed by atoms with Crippen LogP contribution in [0.25, 0.3) is 0 Å². The first-order valence-corrected chi connectivity index (χ1v) is 4.81. The van der Waals surface area contributed by atoms with Gasteiger partial charge in [-0.2, -0.15) is 0 Å². The zero-order valence-corrected chi connectivity index (χ0v) is 9.38. The second-order valence-corrected chi connectivity index (χ2v) is 3.83. The van der Waals surface area contributed by atoms with Crippen LogP contribution in [-0.2, 0) is 10.7 Å². The Balaban J connectivity index is 3.25. The molecule has 0 heterocycles. The molecule has 1 aromatic rings. The number of nitrogens with zero attached hydrogens (tertiary/aromatic N) is 1. The molecule has 6 heteroatoms. The molecule has 0 radical (unpaired) electrons. The molecule has 0 unspecified atom stereocenters. The second kappa shape index (κ2) is 4.65. The maximum atomic E-state index is 13.6. The quantitative estimate of drug-likeness (QED) is 0.888. The molecule has 1 aromatic carbocycles. The molecule has 0 fully saturated rings. The van der Waals surface area contributed by atoms with Crippen molar-refractivity contribution >= 4 is 11.7 Å². The minimum absolute atomic E-state index is 0.0312. The molecule has 0 aromatic heterocycles. The highest BCUT2D eigenvalue weighted by atomic mass is 19.3. The van der Waals surface area contributed by atoms with Crippen molar-refractivity contribution in [2.24, 2.45) is 0 Å². The van der Waals surface area contributed by atoms with Crippen LogP contribution >= 0.6 is 0 Å². The van der Waals surface area contributed by atoms with Crippen molar-refractivity contribution in [2.45, 2.75) is 12.3 Å². The number of hydrogen-bond donors (Lipinski definition) is 1. The highest BCUT2D eigenvalue weighted by Crippen LogP contribution is 2.37. The molecule has 17 heavy (non-hydrogen) atoms. The molecule has 1 rings (SSSR count). The van der Waals surface area contributed by atoms with Crippen LogP contribution in [0, 0.1) is 5.82 Å². The van der Waals surface area contributed by atoms with Crippen LogP contribution in [0.1, 0.15) is 12.0 Å². The van der Waals surface area contributed by atoms with Crippen LogP contribution in [0.2, 0.25) is 0 Å². The molecule has 0 atom stereocenters. The van der Waals surface area contributed by atoms with Crippen molar-refractivity contribution in [3.05, 3.63) is 29.6 Å². The maximum Gasteiger partial charge on any atom is 0.309 e. The second-order valence-electron chi connectivity index (χ2n) is 3.83. The van der Waals surface area contributed by atoms with Crippen LogP contribution in [-0.4, -0.2) is 25.2 Å². The zero-order chi connectivity index (χ0) is 13.2. The standard InChI is InChI=1S/C11H12F3NO2/c1-15(2)9-5-7(12)3-4-8(9)11(13,14)6-10(16)17/h3-5H,6H2,1-2H3,(H,16,17). The van der Waals surface area contributed by atoms with Crippen LogP contribution in [0.3, 0.4) is 0 Å². The first kappa shape index (κ1) is 13.3. The lowest BCUT2D eigenvalue weighted by molar-refractivity contribution is -0.145. The highest BCUT2D eigenvalue weighted by molar-refractivity contribution is 5.69. The Morgan fingerprint density at radius 3 is 2.47 bits per heavy atom. The average Bonchev–Trinajstić information content (AvgIpc) is 2.14. The molecule has 3 nitrogen and oxygen atoms in total. The third-order valence-corrected chi connectivity index (χ3v) is 2.21. The minimum atomic E-state index is -3.53. The van der Waals surface area contributed by atoms with Gasteiger partial charge in [0.2, 0.25) is 0 Å². The predicted octanol–water partition coefficient (Wildman–Crippen LogP) is 2.46. The van der Waals surface area contributed by atoms with Crippen molar-refractivity contribution in [1.82, 2.24) is 0 Å². The summed E-state index contributed by atoms with van der Waals surface area (Å²) < 4.78 is 40.2. The summed E-state index contributed by atoms with van der Waals surface area (Å²) in [5.74, 6) is -5.79. The maximum absolute atomic E-state index is 13.6. The van der Waals surface area contributed by atoms with Crippen molar-refractivity contribution < 1.29 is 23.1 Å². The molecular formula is C11H12F3NO2. The van der Waals surface area contributed by atoms with Gasteiger partial charge in [0.15, 0.2) is 0 Å². The normalized spacial score (nSPS) is 11.4. The molecule has 0 amide bonds. The van der Waals surface area contributed by atoms with E-state index in [1.54, 1.807) is 0 Å². The molecule has 0 bridgehead atoms. The van der Waals surface area contributed by atoms with Gasteiger partial charge in [-0.1, -0.05) is 0 Å². The van der Waals surface area contributed by atoms with Gasteiger partial charge in [0.05, 0.1) is 0 Å². The topological polar surface area (TPSA) is 40.5 Å². The molecule has 0 saturated heterocycles. The van der Waals surface area contributed by atoms with E-state index in [4.69, 9.17) is 5.11 Å². The van der Waals surface area contributed by atoms with Gasteiger partial charge in [-0.3, -0.25) is 4.79 Å². The van der Waals surface area contributed by atoms with E-state index in [-0.39, 0.29) is 5.69 Å². The van der Waals surface area contributed by atoms with E-state index in [0.29, 0.717) is 0 Å².